The van der Waals surface area contributed by atoms with Crippen molar-refractivity contribution in [3.05, 3.63) is 42.0 Å². The lowest BCUT2D eigenvalue weighted by Gasteiger charge is -2.20. The molecule has 1 aromatic rings. The van der Waals surface area contributed by atoms with E-state index in [4.69, 9.17) is 0 Å². The molecular weight excluding hydrogens is 224 g/mol. The molecule has 0 aliphatic heterocycles. The zero-order chi connectivity index (χ0) is 13.5. The molecule has 0 heterocycles. The summed E-state index contributed by atoms with van der Waals surface area (Å²) in [5.74, 6) is -0.0415. The summed E-state index contributed by atoms with van der Waals surface area (Å²) >= 11 is 0. The zero-order valence-electron chi connectivity index (χ0n) is 11.5. The Morgan fingerprint density at radius 3 is 2.33 bits per heavy atom. The molecule has 0 bridgehead atoms. The topological polar surface area (TPSA) is 32.3 Å². The smallest absolute Gasteiger partial charge is 0.221 e. The van der Waals surface area contributed by atoms with Crippen LogP contribution < -0.4 is 5.32 Å². The number of carbonyl (C=O) groups is 1. The predicted octanol–water partition coefficient (Wildman–Crippen LogP) is 3.04. The van der Waals surface area contributed by atoms with Crippen LogP contribution in [0, 0.1) is 0 Å². The van der Waals surface area contributed by atoms with Crippen molar-refractivity contribution < 1.29 is 4.79 Å². The van der Waals surface area contributed by atoms with Crippen LogP contribution in [0.2, 0.25) is 0 Å². The first-order valence-electron chi connectivity index (χ1n) is 6.24. The molecule has 0 saturated carbocycles. The van der Waals surface area contributed by atoms with Gasteiger partial charge in [0.1, 0.15) is 0 Å². The molecule has 1 aromatic carbocycles. The van der Waals surface area contributed by atoms with E-state index in [0.29, 0.717) is 0 Å². The maximum absolute atomic E-state index is 10.9. The van der Waals surface area contributed by atoms with E-state index in [0.717, 1.165) is 25.3 Å². The van der Waals surface area contributed by atoms with Crippen molar-refractivity contribution in [2.24, 2.45) is 0 Å². The van der Waals surface area contributed by atoms with Crippen LogP contribution in [-0.4, -0.2) is 23.9 Å². The number of carbonyl (C=O) groups excluding carboxylic acids is 1. The highest BCUT2D eigenvalue weighted by Crippen LogP contribution is 2.12. The quantitative estimate of drug-likeness (QED) is 0.782. The molecule has 0 aromatic heterocycles. The van der Waals surface area contributed by atoms with Crippen LogP contribution in [0.15, 0.2) is 36.4 Å². The molecule has 3 nitrogen and oxygen atoms in total. The molecule has 3 heteroatoms. The van der Waals surface area contributed by atoms with Gasteiger partial charge in [-0.3, -0.25) is 9.69 Å². The first kappa shape index (κ1) is 14.5. The Morgan fingerprint density at radius 2 is 1.89 bits per heavy atom. The summed E-state index contributed by atoms with van der Waals surface area (Å²) in [6, 6.07) is 7.97. The highest BCUT2D eigenvalue weighted by atomic mass is 16.1. The minimum absolute atomic E-state index is 0.0415. The number of hydrogen-bond donors (Lipinski definition) is 1. The number of anilines is 1. The van der Waals surface area contributed by atoms with E-state index in [1.807, 2.05) is 31.2 Å². The normalized spacial score (nSPS) is 10.4. The van der Waals surface area contributed by atoms with Crippen LogP contribution in [0.4, 0.5) is 5.69 Å². The number of hydrogen-bond acceptors (Lipinski definition) is 2. The summed E-state index contributed by atoms with van der Waals surface area (Å²) in [5.41, 5.74) is 3.26. The summed E-state index contributed by atoms with van der Waals surface area (Å²) < 4.78 is 0. The molecule has 0 saturated heterocycles. The number of rotatable bonds is 6. The van der Waals surface area contributed by atoms with E-state index in [-0.39, 0.29) is 5.91 Å². The van der Waals surface area contributed by atoms with Crippen molar-refractivity contribution in [3.8, 4) is 0 Å². The van der Waals surface area contributed by atoms with E-state index in [1.54, 1.807) is 0 Å². The van der Waals surface area contributed by atoms with Gasteiger partial charge in [-0.25, -0.2) is 0 Å². The van der Waals surface area contributed by atoms with E-state index >= 15 is 0 Å². The molecule has 1 amide bonds. The van der Waals surface area contributed by atoms with Gasteiger partial charge < -0.3 is 5.32 Å². The van der Waals surface area contributed by atoms with Crippen molar-refractivity contribution in [1.29, 1.82) is 0 Å². The second-order valence-electron chi connectivity index (χ2n) is 4.64. The monoisotopic (exact) mass is 246 g/mol. The van der Waals surface area contributed by atoms with Gasteiger partial charge in [-0.2, -0.15) is 0 Å². The first-order chi connectivity index (χ1) is 8.51. The molecule has 1 N–H and O–H groups in total. The fourth-order valence-corrected chi connectivity index (χ4v) is 1.82. The molecule has 0 radical (unpaired) electrons. The van der Waals surface area contributed by atoms with Gasteiger partial charge in [0.15, 0.2) is 0 Å². The van der Waals surface area contributed by atoms with Crippen molar-refractivity contribution in [1.82, 2.24) is 4.90 Å². The summed E-state index contributed by atoms with van der Waals surface area (Å²) in [7, 11) is 0. The van der Waals surface area contributed by atoms with Crippen LogP contribution in [0.1, 0.15) is 26.3 Å². The molecule has 0 fully saturated rings. The van der Waals surface area contributed by atoms with Gasteiger partial charge in [-0.1, -0.05) is 31.2 Å². The number of benzene rings is 1. The molecule has 1 rings (SSSR count). The van der Waals surface area contributed by atoms with Crippen LogP contribution in [0.3, 0.4) is 0 Å². The number of nitrogens with one attached hydrogen (secondary N) is 1. The lowest BCUT2D eigenvalue weighted by atomic mass is 10.2. The van der Waals surface area contributed by atoms with Gasteiger partial charge in [0, 0.05) is 25.7 Å². The largest absolute Gasteiger partial charge is 0.326 e. The van der Waals surface area contributed by atoms with E-state index < -0.39 is 0 Å². The summed E-state index contributed by atoms with van der Waals surface area (Å²) in [5, 5.41) is 2.76. The molecule has 98 valence electrons. The van der Waals surface area contributed by atoms with Crippen LogP contribution >= 0.6 is 0 Å². The van der Waals surface area contributed by atoms with Gasteiger partial charge >= 0.3 is 0 Å². The Morgan fingerprint density at radius 1 is 1.28 bits per heavy atom. The minimum atomic E-state index is -0.0415. The third kappa shape index (κ3) is 5.15. The van der Waals surface area contributed by atoms with Crippen molar-refractivity contribution >= 4 is 11.6 Å². The van der Waals surface area contributed by atoms with Crippen molar-refractivity contribution in [3.63, 3.8) is 0 Å². The maximum atomic E-state index is 10.9. The molecule has 18 heavy (non-hydrogen) atoms. The molecule has 0 unspecified atom stereocenters. The third-order valence-corrected chi connectivity index (χ3v) is 2.62. The Labute approximate surface area is 109 Å². The third-order valence-electron chi connectivity index (χ3n) is 2.62. The molecule has 0 atom stereocenters. The average molecular weight is 246 g/mol. The van der Waals surface area contributed by atoms with E-state index in [9.17, 15) is 4.79 Å². The zero-order valence-corrected chi connectivity index (χ0v) is 11.5. The maximum Gasteiger partial charge on any atom is 0.221 e. The minimum Gasteiger partial charge on any atom is -0.326 e. The fraction of sp³-hybridized carbons (Fsp3) is 0.400. The van der Waals surface area contributed by atoms with Crippen LogP contribution in [-0.2, 0) is 11.3 Å². The number of nitrogens with zero attached hydrogens (tertiary/aromatic N) is 1. The predicted molar refractivity (Wildman–Crippen MR) is 76.5 cm³/mol. The van der Waals surface area contributed by atoms with Crippen LogP contribution in [0.5, 0.6) is 0 Å². The molecule has 0 spiro atoms. The average Bonchev–Trinajstić information content (AvgIpc) is 2.29. The second-order valence-corrected chi connectivity index (χ2v) is 4.64. The Hall–Kier alpha value is -1.61. The Bertz CT molecular complexity index is 409. The summed E-state index contributed by atoms with van der Waals surface area (Å²) in [6.45, 7) is 12.5. The second kappa shape index (κ2) is 6.97. The molecular formula is C15H22N2O. The fourth-order valence-electron chi connectivity index (χ4n) is 1.82. The van der Waals surface area contributed by atoms with Gasteiger partial charge in [0.2, 0.25) is 5.91 Å². The molecule has 0 aliphatic rings. The number of amides is 1. The Balaban J connectivity index is 2.61. The highest BCUT2D eigenvalue weighted by Gasteiger charge is 2.04. The lowest BCUT2D eigenvalue weighted by molar-refractivity contribution is -0.114. The van der Waals surface area contributed by atoms with Gasteiger partial charge in [0.25, 0.3) is 0 Å². The Kier molecular flexibility index (Phi) is 5.59. The van der Waals surface area contributed by atoms with Crippen molar-refractivity contribution in [2.75, 3.05) is 18.4 Å². The summed E-state index contributed by atoms with van der Waals surface area (Å²) in [6.07, 6.45) is 0. The van der Waals surface area contributed by atoms with Gasteiger partial charge in [-0.15, -0.1) is 0 Å². The standard InChI is InChI=1S/C15H22N2O/c1-5-17(10-12(2)3)11-14-6-8-15(9-7-14)16-13(4)18/h6-9H,2,5,10-11H2,1,3-4H3,(H,16,18). The summed E-state index contributed by atoms with van der Waals surface area (Å²) in [4.78, 5) is 13.2. The van der Waals surface area contributed by atoms with Gasteiger partial charge in [0.05, 0.1) is 0 Å². The van der Waals surface area contributed by atoms with E-state index in [1.165, 1.54) is 18.1 Å². The van der Waals surface area contributed by atoms with Crippen LogP contribution in [0.25, 0.3) is 0 Å². The lowest BCUT2D eigenvalue weighted by Crippen LogP contribution is -2.24. The molecule has 0 aliphatic carbocycles. The van der Waals surface area contributed by atoms with E-state index in [2.05, 4.69) is 23.7 Å². The van der Waals surface area contributed by atoms with Crippen molar-refractivity contribution in [2.45, 2.75) is 27.3 Å². The number of likely N-dealkylation sites (N-methyl/N-ethyl adjacent to an activating group) is 1. The highest BCUT2D eigenvalue weighted by molar-refractivity contribution is 5.88. The first-order valence-corrected chi connectivity index (χ1v) is 6.24. The SMILES string of the molecule is C=C(C)CN(CC)Cc1ccc(NC(C)=O)cc1. The van der Waals surface area contributed by atoms with Gasteiger partial charge in [-0.05, 0) is 31.2 Å².